The van der Waals surface area contributed by atoms with Gasteiger partial charge in [0.15, 0.2) is 6.61 Å². The van der Waals surface area contributed by atoms with E-state index in [4.69, 9.17) is 9.15 Å². The third kappa shape index (κ3) is 4.91. The number of fused-ring (bicyclic) bond motifs is 1. The Morgan fingerprint density at radius 2 is 1.71 bits per heavy atom. The number of nitro groups is 1. The van der Waals surface area contributed by atoms with E-state index in [1.807, 2.05) is 27.7 Å². The first kappa shape index (κ1) is 22.0. The minimum Gasteiger partial charge on any atom is -0.484 e. The van der Waals surface area contributed by atoms with Gasteiger partial charge in [0.1, 0.15) is 11.3 Å². The van der Waals surface area contributed by atoms with E-state index in [2.05, 4.69) is 0 Å². The van der Waals surface area contributed by atoms with Crippen molar-refractivity contribution in [1.29, 1.82) is 0 Å². The molecule has 0 atom stereocenters. The van der Waals surface area contributed by atoms with Gasteiger partial charge in [-0.15, -0.1) is 0 Å². The predicted molar refractivity (Wildman–Crippen MR) is 117 cm³/mol. The maximum atomic E-state index is 12.5. The largest absolute Gasteiger partial charge is 0.484 e. The second kappa shape index (κ2) is 8.99. The van der Waals surface area contributed by atoms with E-state index < -0.39 is 10.5 Å². The van der Waals surface area contributed by atoms with Crippen LogP contribution in [0, 0.1) is 10.1 Å². The number of benzene rings is 2. The van der Waals surface area contributed by atoms with Gasteiger partial charge in [-0.05, 0) is 63.1 Å². The van der Waals surface area contributed by atoms with Crippen molar-refractivity contribution in [2.45, 2.75) is 39.8 Å². The molecule has 8 heteroatoms. The molecule has 0 aliphatic heterocycles. The summed E-state index contributed by atoms with van der Waals surface area (Å²) < 4.78 is 11.0. The Hall–Kier alpha value is -3.68. The highest BCUT2D eigenvalue weighted by atomic mass is 16.6. The van der Waals surface area contributed by atoms with E-state index in [0.717, 1.165) is 0 Å². The van der Waals surface area contributed by atoms with Crippen LogP contribution >= 0.6 is 0 Å². The third-order valence-corrected chi connectivity index (χ3v) is 4.87. The standard InChI is InChI=1S/C23H24N2O6/c1-14(2)24(15(3)4)22(26)13-30-18-9-10-19-20(12-23(27)31-21(19)11-18)16-5-7-17(8-6-16)25(28)29/h5-12,14-15H,13H2,1-4H3. The smallest absolute Gasteiger partial charge is 0.336 e. The fourth-order valence-corrected chi connectivity index (χ4v) is 3.63. The molecule has 0 bridgehead atoms. The summed E-state index contributed by atoms with van der Waals surface area (Å²) in [7, 11) is 0. The van der Waals surface area contributed by atoms with Crippen LogP contribution in [0.1, 0.15) is 27.7 Å². The van der Waals surface area contributed by atoms with Crippen LogP contribution in [0.15, 0.2) is 57.7 Å². The Bertz CT molecular complexity index is 1160. The zero-order chi connectivity index (χ0) is 22.7. The van der Waals surface area contributed by atoms with Crippen LogP contribution in [0.4, 0.5) is 5.69 Å². The topological polar surface area (TPSA) is 103 Å². The number of carbonyl (C=O) groups excluding carboxylic acids is 1. The molecule has 3 aromatic rings. The highest BCUT2D eigenvalue weighted by Crippen LogP contribution is 2.30. The fourth-order valence-electron chi connectivity index (χ4n) is 3.63. The molecule has 0 spiro atoms. The first-order valence-electron chi connectivity index (χ1n) is 9.94. The molecule has 0 N–H and O–H groups in total. The van der Waals surface area contributed by atoms with Crippen LogP contribution in [0.3, 0.4) is 0 Å². The molecule has 31 heavy (non-hydrogen) atoms. The van der Waals surface area contributed by atoms with E-state index >= 15 is 0 Å². The molecular weight excluding hydrogens is 400 g/mol. The van der Waals surface area contributed by atoms with Gasteiger partial charge in [0, 0.05) is 41.7 Å². The molecule has 0 saturated heterocycles. The van der Waals surface area contributed by atoms with Crippen molar-refractivity contribution in [3.8, 4) is 16.9 Å². The average molecular weight is 424 g/mol. The number of hydrogen-bond acceptors (Lipinski definition) is 6. The van der Waals surface area contributed by atoms with Crippen molar-refractivity contribution in [1.82, 2.24) is 4.90 Å². The van der Waals surface area contributed by atoms with Crippen LogP contribution in [0.5, 0.6) is 5.75 Å². The Morgan fingerprint density at radius 3 is 2.29 bits per heavy atom. The molecular formula is C23H24N2O6. The molecule has 8 nitrogen and oxygen atoms in total. The van der Waals surface area contributed by atoms with Crippen molar-refractivity contribution >= 4 is 22.6 Å². The molecule has 1 aromatic heterocycles. The van der Waals surface area contributed by atoms with Crippen molar-refractivity contribution in [2.24, 2.45) is 0 Å². The van der Waals surface area contributed by atoms with Gasteiger partial charge in [-0.1, -0.05) is 0 Å². The lowest BCUT2D eigenvalue weighted by Gasteiger charge is -2.30. The molecule has 1 amide bonds. The van der Waals surface area contributed by atoms with Gasteiger partial charge in [-0.3, -0.25) is 14.9 Å². The first-order chi connectivity index (χ1) is 14.7. The lowest BCUT2D eigenvalue weighted by atomic mass is 10.0. The monoisotopic (exact) mass is 424 g/mol. The van der Waals surface area contributed by atoms with Gasteiger partial charge in [0.25, 0.3) is 11.6 Å². The Kier molecular flexibility index (Phi) is 6.39. The number of rotatable bonds is 7. The number of carbonyl (C=O) groups is 1. The predicted octanol–water partition coefficient (Wildman–Crippen LogP) is 4.39. The first-order valence-corrected chi connectivity index (χ1v) is 9.94. The minimum atomic E-state index is -0.556. The van der Waals surface area contributed by atoms with Crippen LogP contribution in [0.2, 0.25) is 0 Å². The van der Waals surface area contributed by atoms with Crippen LogP contribution < -0.4 is 10.4 Å². The average Bonchev–Trinajstić information content (AvgIpc) is 2.70. The number of nitrogens with zero attached hydrogens (tertiary/aromatic N) is 2. The van der Waals surface area contributed by atoms with E-state index in [9.17, 15) is 19.7 Å². The van der Waals surface area contributed by atoms with Gasteiger partial charge in [-0.25, -0.2) is 4.79 Å². The number of nitro benzene ring substituents is 1. The quantitative estimate of drug-likeness (QED) is 0.317. The van der Waals surface area contributed by atoms with Crippen LogP contribution in [0.25, 0.3) is 22.1 Å². The van der Waals surface area contributed by atoms with Gasteiger partial charge in [0.05, 0.1) is 4.92 Å². The zero-order valence-electron chi connectivity index (χ0n) is 17.8. The minimum absolute atomic E-state index is 0.0341. The molecule has 0 saturated carbocycles. The summed E-state index contributed by atoms with van der Waals surface area (Å²) in [6.07, 6.45) is 0. The number of ether oxygens (including phenoxy) is 1. The molecule has 1 heterocycles. The highest BCUT2D eigenvalue weighted by Gasteiger charge is 2.20. The van der Waals surface area contributed by atoms with Crippen LogP contribution in [-0.4, -0.2) is 34.4 Å². The van der Waals surface area contributed by atoms with Gasteiger partial charge in [0.2, 0.25) is 0 Å². The molecule has 0 fully saturated rings. The SMILES string of the molecule is CC(C)N(C(=O)COc1ccc2c(-c3ccc([N+](=O)[O-])cc3)cc(=O)oc2c1)C(C)C. The van der Waals surface area contributed by atoms with Crippen molar-refractivity contribution in [3.05, 3.63) is 69.1 Å². The van der Waals surface area contributed by atoms with E-state index in [1.165, 1.54) is 18.2 Å². The Balaban J connectivity index is 1.89. The summed E-state index contributed by atoms with van der Waals surface area (Å²) in [5, 5.41) is 11.5. The molecule has 2 aromatic carbocycles. The number of non-ortho nitro benzene ring substituents is 1. The lowest BCUT2D eigenvalue weighted by Crippen LogP contribution is -2.44. The Morgan fingerprint density at radius 1 is 1.06 bits per heavy atom. The van der Waals surface area contributed by atoms with Crippen molar-refractivity contribution in [2.75, 3.05) is 6.61 Å². The molecule has 0 unspecified atom stereocenters. The second-order valence-corrected chi connectivity index (χ2v) is 7.72. The summed E-state index contributed by atoms with van der Waals surface area (Å²) >= 11 is 0. The summed E-state index contributed by atoms with van der Waals surface area (Å²) in [6.45, 7) is 7.66. The van der Waals surface area contributed by atoms with Gasteiger partial charge >= 0.3 is 5.63 Å². The fraction of sp³-hybridized carbons (Fsp3) is 0.304. The lowest BCUT2D eigenvalue weighted by molar-refractivity contribution is -0.384. The van der Waals surface area contributed by atoms with E-state index in [-0.39, 0.29) is 30.3 Å². The molecule has 0 aliphatic carbocycles. The van der Waals surface area contributed by atoms with Crippen molar-refractivity contribution < 1.29 is 18.9 Å². The van der Waals surface area contributed by atoms with E-state index in [0.29, 0.717) is 27.8 Å². The van der Waals surface area contributed by atoms with Gasteiger partial charge < -0.3 is 14.1 Å². The maximum Gasteiger partial charge on any atom is 0.336 e. The summed E-state index contributed by atoms with van der Waals surface area (Å²) in [6, 6.07) is 12.4. The molecule has 0 aliphatic rings. The summed E-state index contributed by atoms with van der Waals surface area (Å²) in [5.41, 5.74) is 0.954. The highest BCUT2D eigenvalue weighted by molar-refractivity contribution is 5.94. The number of hydrogen-bond donors (Lipinski definition) is 0. The zero-order valence-corrected chi connectivity index (χ0v) is 17.8. The molecule has 3 rings (SSSR count). The third-order valence-electron chi connectivity index (χ3n) is 4.87. The maximum absolute atomic E-state index is 12.5. The van der Waals surface area contributed by atoms with E-state index in [1.54, 1.807) is 35.2 Å². The van der Waals surface area contributed by atoms with Gasteiger partial charge in [-0.2, -0.15) is 0 Å². The van der Waals surface area contributed by atoms with Crippen LogP contribution in [-0.2, 0) is 4.79 Å². The summed E-state index contributed by atoms with van der Waals surface area (Å²) in [4.78, 5) is 36.7. The molecule has 0 radical (unpaired) electrons. The number of amides is 1. The molecule has 162 valence electrons. The summed E-state index contributed by atoms with van der Waals surface area (Å²) in [5.74, 6) is 0.267. The Labute approximate surface area is 179 Å². The van der Waals surface area contributed by atoms with Crippen molar-refractivity contribution in [3.63, 3.8) is 0 Å². The normalized spacial score (nSPS) is 11.2. The second-order valence-electron chi connectivity index (χ2n) is 7.72.